The van der Waals surface area contributed by atoms with Crippen molar-refractivity contribution in [1.82, 2.24) is 4.31 Å². The number of halogens is 1. The number of hydrogen-bond donors (Lipinski definition) is 2. The van der Waals surface area contributed by atoms with E-state index < -0.39 is 16.1 Å². The molecule has 1 aromatic carbocycles. The zero-order valence-electron chi connectivity index (χ0n) is 16.1. The number of anilines is 1. The summed E-state index contributed by atoms with van der Waals surface area (Å²) in [5.41, 5.74) is 6.36. The third-order valence-electron chi connectivity index (χ3n) is 4.75. The van der Waals surface area contributed by atoms with Crippen LogP contribution in [-0.2, 0) is 14.8 Å². The van der Waals surface area contributed by atoms with Crippen LogP contribution in [0.25, 0.3) is 0 Å². The fourth-order valence-electron chi connectivity index (χ4n) is 2.87. The standard InChI is InChI=1S/C18H29N3O4S.ClH/c1-4-13(3)17(19)18(22)20-14-8-9-15(25-5-2)16(12-14)26(23,24)21-10-6-7-11-21;/h8-9,12-13,17H,4-7,10-11,19H2,1-3H3,(H,20,22);1H. The van der Waals surface area contributed by atoms with Crippen LogP contribution in [0.15, 0.2) is 23.1 Å². The maximum atomic E-state index is 13.0. The SMILES string of the molecule is CCOc1ccc(NC(=O)C(N)C(C)CC)cc1S(=O)(=O)N1CCCC1.Cl. The third kappa shape index (κ3) is 5.57. The highest BCUT2D eigenvalue weighted by Crippen LogP contribution is 2.31. The number of rotatable bonds is 8. The average molecular weight is 420 g/mol. The Bertz CT molecular complexity index is 736. The summed E-state index contributed by atoms with van der Waals surface area (Å²) in [6.07, 6.45) is 2.49. The molecule has 1 saturated heterocycles. The number of carbonyl (C=O) groups is 1. The summed E-state index contributed by atoms with van der Waals surface area (Å²) >= 11 is 0. The molecule has 0 spiro atoms. The number of nitrogens with one attached hydrogen (secondary N) is 1. The Morgan fingerprint density at radius 3 is 2.48 bits per heavy atom. The van der Waals surface area contributed by atoms with Crippen LogP contribution in [0.3, 0.4) is 0 Å². The molecule has 0 saturated carbocycles. The van der Waals surface area contributed by atoms with Crippen molar-refractivity contribution < 1.29 is 17.9 Å². The highest BCUT2D eigenvalue weighted by atomic mass is 35.5. The maximum Gasteiger partial charge on any atom is 0.246 e. The van der Waals surface area contributed by atoms with Gasteiger partial charge in [0.25, 0.3) is 0 Å². The first-order valence-electron chi connectivity index (χ1n) is 9.14. The van der Waals surface area contributed by atoms with E-state index in [0.29, 0.717) is 31.1 Å². The summed E-state index contributed by atoms with van der Waals surface area (Å²) in [5.74, 6) is 0.00200. The number of nitrogens with two attached hydrogens (primary N) is 1. The predicted molar refractivity (Wildman–Crippen MR) is 109 cm³/mol. The Morgan fingerprint density at radius 2 is 1.93 bits per heavy atom. The summed E-state index contributed by atoms with van der Waals surface area (Å²) < 4.78 is 32.9. The van der Waals surface area contributed by atoms with E-state index in [4.69, 9.17) is 10.5 Å². The Morgan fingerprint density at radius 1 is 1.30 bits per heavy atom. The van der Waals surface area contributed by atoms with E-state index in [1.165, 1.54) is 10.4 Å². The van der Waals surface area contributed by atoms with Gasteiger partial charge < -0.3 is 15.8 Å². The van der Waals surface area contributed by atoms with Crippen molar-refractivity contribution in [2.24, 2.45) is 11.7 Å². The molecule has 1 aliphatic heterocycles. The molecule has 2 unspecified atom stereocenters. The fourth-order valence-corrected chi connectivity index (χ4v) is 4.54. The Labute approximate surface area is 168 Å². The number of hydrogen-bond acceptors (Lipinski definition) is 5. The molecule has 1 aliphatic rings. The van der Waals surface area contributed by atoms with Gasteiger partial charge in [0.2, 0.25) is 15.9 Å². The van der Waals surface area contributed by atoms with Gasteiger partial charge in [0, 0.05) is 18.8 Å². The van der Waals surface area contributed by atoms with E-state index >= 15 is 0 Å². The first-order valence-corrected chi connectivity index (χ1v) is 10.6. The third-order valence-corrected chi connectivity index (χ3v) is 6.67. The molecule has 3 N–H and O–H groups in total. The minimum atomic E-state index is -3.67. The van der Waals surface area contributed by atoms with Crippen molar-refractivity contribution in [1.29, 1.82) is 0 Å². The Hall–Kier alpha value is -1.35. The monoisotopic (exact) mass is 419 g/mol. The van der Waals surface area contributed by atoms with Gasteiger partial charge in [-0.15, -0.1) is 12.4 Å². The van der Waals surface area contributed by atoms with E-state index in [-0.39, 0.29) is 29.1 Å². The van der Waals surface area contributed by atoms with E-state index in [9.17, 15) is 13.2 Å². The van der Waals surface area contributed by atoms with E-state index in [1.54, 1.807) is 19.1 Å². The van der Waals surface area contributed by atoms with Crippen molar-refractivity contribution in [2.75, 3.05) is 25.0 Å². The normalized spacial score (nSPS) is 17.0. The molecule has 1 fully saturated rings. The molecular weight excluding hydrogens is 390 g/mol. The topological polar surface area (TPSA) is 102 Å². The van der Waals surface area contributed by atoms with E-state index in [2.05, 4.69) is 5.32 Å². The predicted octanol–water partition coefficient (Wildman–Crippen LogP) is 2.60. The Balaban J connectivity index is 0.00000364. The first kappa shape index (κ1) is 23.7. The second-order valence-electron chi connectivity index (χ2n) is 6.61. The quantitative estimate of drug-likeness (QED) is 0.674. The van der Waals surface area contributed by atoms with Gasteiger partial charge >= 0.3 is 0 Å². The van der Waals surface area contributed by atoms with Gasteiger partial charge in [0.15, 0.2) is 0 Å². The smallest absolute Gasteiger partial charge is 0.246 e. The number of amides is 1. The first-order chi connectivity index (χ1) is 12.3. The molecule has 2 rings (SSSR count). The molecule has 0 aliphatic carbocycles. The second-order valence-corrected chi connectivity index (χ2v) is 8.51. The largest absolute Gasteiger partial charge is 0.492 e. The van der Waals surface area contributed by atoms with Crippen molar-refractivity contribution >= 4 is 34.0 Å². The van der Waals surface area contributed by atoms with Crippen LogP contribution in [0.4, 0.5) is 5.69 Å². The lowest BCUT2D eigenvalue weighted by atomic mass is 9.99. The van der Waals surface area contributed by atoms with Crippen molar-refractivity contribution in [3.8, 4) is 5.75 Å². The van der Waals surface area contributed by atoms with Crippen molar-refractivity contribution in [3.05, 3.63) is 18.2 Å². The molecule has 27 heavy (non-hydrogen) atoms. The van der Waals surface area contributed by atoms with Gasteiger partial charge in [0.05, 0.1) is 12.6 Å². The van der Waals surface area contributed by atoms with Crippen molar-refractivity contribution in [3.63, 3.8) is 0 Å². The molecule has 0 bridgehead atoms. The Kier molecular flexibility index (Phi) is 9.01. The van der Waals surface area contributed by atoms with Crippen molar-refractivity contribution in [2.45, 2.75) is 51.0 Å². The van der Waals surface area contributed by atoms with E-state index in [1.807, 2.05) is 13.8 Å². The van der Waals surface area contributed by atoms with Crippen LogP contribution in [0, 0.1) is 5.92 Å². The van der Waals surface area contributed by atoms with E-state index in [0.717, 1.165) is 19.3 Å². The zero-order chi connectivity index (χ0) is 19.3. The highest BCUT2D eigenvalue weighted by molar-refractivity contribution is 7.89. The van der Waals surface area contributed by atoms with Gasteiger partial charge in [-0.3, -0.25) is 4.79 Å². The van der Waals surface area contributed by atoms with Crippen LogP contribution in [0.2, 0.25) is 0 Å². The maximum absolute atomic E-state index is 13.0. The number of ether oxygens (including phenoxy) is 1. The number of sulfonamides is 1. The number of carbonyl (C=O) groups excluding carboxylic acids is 1. The van der Waals surface area contributed by atoms with Gasteiger partial charge in [-0.1, -0.05) is 20.3 Å². The lowest BCUT2D eigenvalue weighted by Crippen LogP contribution is -2.40. The summed E-state index contributed by atoms with van der Waals surface area (Å²) in [5, 5.41) is 2.73. The number of benzene rings is 1. The van der Waals surface area contributed by atoms with Gasteiger partial charge in [-0.05, 0) is 43.9 Å². The van der Waals surface area contributed by atoms with Crippen LogP contribution >= 0.6 is 12.4 Å². The molecule has 154 valence electrons. The lowest BCUT2D eigenvalue weighted by Gasteiger charge is -2.20. The zero-order valence-corrected chi connectivity index (χ0v) is 17.7. The summed E-state index contributed by atoms with van der Waals surface area (Å²) in [4.78, 5) is 12.4. The molecule has 1 heterocycles. The molecule has 2 atom stereocenters. The number of nitrogens with zero attached hydrogens (tertiary/aromatic N) is 1. The fraction of sp³-hybridized carbons (Fsp3) is 0.611. The summed E-state index contributed by atoms with van der Waals surface area (Å²) in [7, 11) is -3.67. The minimum absolute atomic E-state index is 0. The molecule has 1 amide bonds. The van der Waals surface area contributed by atoms with Gasteiger partial charge in [-0.2, -0.15) is 4.31 Å². The van der Waals surface area contributed by atoms with Crippen LogP contribution < -0.4 is 15.8 Å². The molecule has 0 aromatic heterocycles. The molecule has 1 aromatic rings. The van der Waals surface area contributed by atoms with Gasteiger partial charge in [-0.25, -0.2) is 8.42 Å². The second kappa shape index (κ2) is 10.3. The van der Waals surface area contributed by atoms with Crippen LogP contribution in [0.5, 0.6) is 5.75 Å². The highest BCUT2D eigenvalue weighted by Gasteiger charge is 2.30. The molecule has 9 heteroatoms. The van der Waals surface area contributed by atoms with Crippen LogP contribution in [0.1, 0.15) is 40.0 Å². The summed E-state index contributed by atoms with van der Waals surface area (Å²) in [6, 6.07) is 4.02. The minimum Gasteiger partial charge on any atom is -0.492 e. The molecular formula is C18H30ClN3O4S. The lowest BCUT2D eigenvalue weighted by molar-refractivity contribution is -0.118. The van der Waals surface area contributed by atoms with Gasteiger partial charge in [0.1, 0.15) is 10.6 Å². The molecule has 7 nitrogen and oxygen atoms in total. The summed E-state index contributed by atoms with van der Waals surface area (Å²) in [6.45, 7) is 7.04. The average Bonchev–Trinajstić information content (AvgIpc) is 3.17. The van der Waals surface area contributed by atoms with Crippen LogP contribution in [-0.4, -0.2) is 44.4 Å². The molecule has 0 radical (unpaired) electrons.